The summed E-state index contributed by atoms with van der Waals surface area (Å²) in [6, 6.07) is 0. The molecule has 0 amide bonds. The van der Waals surface area contributed by atoms with Gasteiger partial charge in [0.25, 0.3) is 0 Å². The van der Waals surface area contributed by atoms with Crippen molar-refractivity contribution in [2.45, 2.75) is 56.7 Å². The summed E-state index contributed by atoms with van der Waals surface area (Å²) in [4.78, 5) is 47.0. The van der Waals surface area contributed by atoms with Gasteiger partial charge >= 0.3 is 0 Å². The Kier molecular flexibility index (Phi) is 6.78. The molecule has 0 saturated heterocycles. The van der Waals surface area contributed by atoms with Gasteiger partial charge in [-0.15, -0.1) is 0 Å². The Labute approximate surface area is 142 Å². The molecule has 0 bridgehead atoms. The van der Waals surface area contributed by atoms with E-state index < -0.39 is 52.1 Å². The molecule has 5 atom stereocenters. The average molecular weight is 364 g/mol. The van der Waals surface area contributed by atoms with E-state index in [4.69, 9.17) is 0 Å². The van der Waals surface area contributed by atoms with Gasteiger partial charge in [0.05, 0.1) is 0 Å². The van der Waals surface area contributed by atoms with Crippen molar-refractivity contribution in [1.29, 1.82) is 0 Å². The normalized spacial score (nSPS) is 21.4. The Hall–Kier alpha value is -1.43. The van der Waals surface area contributed by atoms with E-state index in [-0.39, 0.29) is 5.37 Å². The maximum Gasteiger partial charge on any atom is 0.201 e. The first-order valence-corrected chi connectivity index (χ1v) is 7.16. The van der Waals surface area contributed by atoms with E-state index >= 15 is 0 Å². The fourth-order valence-electron chi connectivity index (χ4n) is 2.38. The lowest BCUT2D eigenvalue weighted by Gasteiger charge is -2.49. The minimum absolute atomic E-state index is 0.248. The molecule has 0 spiro atoms. The molecular formula is C14H20O9S. The van der Waals surface area contributed by atoms with Crippen molar-refractivity contribution >= 4 is 40.7 Å². The number of thiocarbonyl (C=S) groups is 1. The summed E-state index contributed by atoms with van der Waals surface area (Å²) in [7, 11) is 0. The van der Waals surface area contributed by atoms with Crippen LogP contribution in [0.2, 0.25) is 0 Å². The quantitative estimate of drug-likeness (QED) is 0.270. The highest BCUT2D eigenvalue weighted by Gasteiger charge is 2.72. The predicted octanol–water partition coefficient (Wildman–Crippen LogP) is -2.74. The highest BCUT2D eigenvalue weighted by molar-refractivity contribution is 7.79. The molecule has 10 heteroatoms. The number of carbonyl (C=O) groups is 4. The van der Waals surface area contributed by atoms with E-state index in [1.807, 2.05) is 0 Å². The fourth-order valence-corrected chi connectivity index (χ4v) is 2.71. The van der Waals surface area contributed by atoms with E-state index in [0.29, 0.717) is 20.8 Å². The third kappa shape index (κ3) is 2.96. The number of Topliss-reactive ketones (excluding diaryl/α,β-unsaturated/α-hetero) is 4. The highest BCUT2D eigenvalue weighted by atomic mass is 32.1. The van der Waals surface area contributed by atoms with Crippen molar-refractivity contribution in [2.75, 3.05) is 0 Å². The van der Waals surface area contributed by atoms with Gasteiger partial charge in [-0.3, -0.25) is 19.2 Å². The molecule has 0 saturated carbocycles. The minimum Gasteiger partial charge on any atom is -0.386 e. The van der Waals surface area contributed by atoms with Gasteiger partial charge in [-0.25, -0.2) is 0 Å². The first-order chi connectivity index (χ1) is 10.7. The molecule has 0 aliphatic heterocycles. The SMILES string of the molecule is CC(=O)C(O)[C@@H](O)[C@](O)(C(C)=O)[C@@](O)(C(C)=O)[C@@](O)(C=S)C(C)=O. The van der Waals surface area contributed by atoms with Crippen LogP contribution in [0.25, 0.3) is 0 Å². The first kappa shape index (κ1) is 22.6. The molecule has 9 nitrogen and oxygen atoms in total. The second-order valence-corrected chi connectivity index (χ2v) is 5.77. The van der Waals surface area contributed by atoms with Gasteiger partial charge in [0, 0.05) is 5.37 Å². The van der Waals surface area contributed by atoms with Crippen LogP contribution in [0.5, 0.6) is 0 Å². The number of hydrogen-bond donors (Lipinski definition) is 5. The second kappa shape index (κ2) is 7.21. The molecule has 136 valence electrons. The standard InChI is InChI=1S/C14H20O9S/c1-6(15)10(19)11(20)13(22,8(3)17)14(23,9(4)18)12(21,5-24)7(2)16/h5,10-11,19-23H,1-4H3/t10?,11-,12-,13-,14-/m1/s1. The molecule has 0 aromatic heterocycles. The van der Waals surface area contributed by atoms with Crippen molar-refractivity contribution in [3.63, 3.8) is 0 Å². The van der Waals surface area contributed by atoms with Gasteiger partial charge in [0.2, 0.25) is 5.60 Å². The second-order valence-electron chi connectivity index (χ2n) is 5.53. The van der Waals surface area contributed by atoms with Crippen molar-refractivity contribution in [3.8, 4) is 0 Å². The summed E-state index contributed by atoms with van der Waals surface area (Å²) in [6.07, 6.45) is -5.13. The highest BCUT2D eigenvalue weighted by Crippen LogP contribution is 2.38. The Balaban J connectivity index is 6.89. The van der Waals surface area contributed by atoms with Crippen LogP contribution in [-0.4, -0.2) is 83.0 Å². The van der Waals surface area contributed by atoms with Crippen LogP contribution < -0.4 is 0 Å². The van der Waals surface area contributed by atoms with Crippen molar-refractivity contribution in [3.05, 3.63) is 0 Å². The van der Waals surface area contributed by atoms with Gasteiger partial charge in [-0.1, -0.05) is 12.2 Å². The number of ketones is 4. The summed E-state index contributed by atoms with van der Waals surface area (Å²) in [5.41, 5.74) is -10.5. The van der Waals surface area contributed by atoms with Gasteiger partial charge in [0.15, 0.2) is 34.3 Å². The summed E-state index contributed by atoms with van der Waals surface area (Å²) < 4.78 is 0. The summed E-state index contributed by atoms with van der Waals surface area (Å²) in [6.45, 7) is 2.75. The van der Waals surface area contributed by atoms with Gasteiger partial charge < -0.3 is 25.5 Å². The van der Waals surface area contributed by atoms with Crippen LogP contribution in [0.1, 0.15) is 27.7 Å². The molecule has 0 aliphatic rings. The van der Waals surface area contributed by atoms with E-state index in [1.54, 1.807) is 0 Å². The van der Waals surface area contributed by atoms with Crippen LogP contribution in [-0.2, 0) is 19.2 Å². The number of aliphatic hydroxyl groups is 5. The van der Waals surface area contributed by atoms with Crippen LogP contribution >= 0.6 is 12.2 Å². The molecule has 0 radical (unpaired) electrons. The third-order valence-electron chi connectivity index (χ3n) is 4.00. The summed E-state index contributed by atoms with van der Waals surface area (Å²) in [5, 5.41) is 51.7. The zero-order chi connectivity index (χ0) is 19.7. The van der Waals surface area contributed by atoms with E-state index in [9.17, 15) is 44.7 Å². The maximum absolute atomic E-state index is 12.0. The number of hydrogen-bond acceptors (Lipinski definition) is 10. The van der Waals surface area contributed by atoms with Gasteiger partial charge in [-0.2, -0.15) is 0 Å². The van der Waals surface area contributed by atoms with Gasteiger partial charge in [0.1, 0.15) is 12.2 Å². The van der Waals surface area contributed by atoms with Crippen LogP contribution in [0.4, 0.5) is 0 Å². The third-order valence-corrected chi connectivity index (χ3v) is 4.34. The monoisotopic (exact) mass is 364 g/mol. The lowest BCUT2D eigenvalue weighted by atomic mass is 9.63. The molecule has 24 heavy (non-hydrogen) atoms. The Bertz CT molecular complexity index is 589. The molecule has 0 aromatic carbocycles. The number of aliphatic hydroxyl groups excluding tert-OH is 2. The average Bonchev–Trinajstić information content (AvgIpc) is 2.49. The number of rotatable bonds is 9. The zero-order valence-corrected chi connectivity index (χ0v) is 14.3. The van der Waals surface area contributed by atoms with Crippen molar-refractivity contribution in [1.82, 2.24) is 0 Å². The molecule has 0 aromatic rings. The Morgan fingerprint density at radius 1 is 0.875 bits per heavy atom. The lowest BCUT2D eigenvalue weighted by Crippen LogP contribution is -2.80. The zero-order valence-electron chi connectivity index (χ0n) is 13.5. The molecule has 0 heterocycles. The van der Waals surface area contributed by atoms with E-state index in [1.165, 1.54) is 0 Å². The topological polar surface area (TPSA) is 169 Å². The van der Waals surface area contributed by atoms with Gasteiger partial charge in [-0.05, 0) is 27.7 Å². The van der Waals surface area contributed by atoms with E-state index in [0.717, 1.165) is 6.92 Å². The lowest BCUT2D eigenvalue weighted by molar-refractivity contribution is -0.242. The number of carbonyl (C=O) groups excluding carboxylic acids is 4. The summed E-state index contributed by atoms with van der Waals surface area (Å²) >= 11 is 4.45. The van der Waals surface area contributed by atoms with Crippen LogP contribution in [0.15, 0.2) is 0 Å². The smallest absolute Gasteiger partial charge is 0.201 e. The van der Waals surface area contributed by atoms with Crippen molar-refractivity contribution in [2.24, 2.45) is 0 Å². The molecule has 1 unspecified atom stereocenters. The first-order valence-electron chi connectivity index (χ1n) is 6.69. The molecule has 0 fully saturated rings. The molecule has 0 rings (SSSR count). The van der Waals surface area contributed by atoms with Crippen molar-refractivity contribution < 1.29 is 44.7 Å². The van der Waals surface area contributed by atoms with E-state index in [2.05, 4.69) is 12.2 Å². The summed E-state index contributed by atoms with van der Waals surface area (Å²) in [5.74, 6) is -5.43. The molecule has 5 N–H and O–H groups in total. The maximum atomic E-state index is 12.0. The van der Waals surface area contributed by atoms with Crippen LogP contribution in [0.3, 0.4) is 0 Å². The predicted molar refractivity (Wildman–Crippen MR) is 83.2 cm³/mol. The Morgan fingerprint density at radius 3 is 1.50 bits per heavy atom. The largest absolute Gasteiger partial charge is 0.386 e. The fraction of sp³-hybridized carbons (Fsp3) is 0.643. The van der Waals surface area contributed by atoms with Crippen LogP contribution in [0, 0.1) is 0 Å². The minimum atomic E-state index is -3.66. The Morgan fingerprint density at radius 2 is 1.29 bits per heavy atom. The molecular weight excluding hydrogens is 344 g/mol. The molecule has 0 aliphatic carbocycles.